The van der Waals surface area contributed by atoms with Gasteiger partial charge in [0, 0.05) is 11.8 Å². The minimum atomic E-state index is -0.109. The van der Waals surface area contributed by atoms with E-state index in [1.807, 2.05) is 13.8 Å². The Balaban J connectivity index is 3.14. The molecule has 2 N–H and O–H groups in total. The van der Waals surface area contributed by atoms with Crippen molar-refractivity contribution in [2.24, 2.45) is 5.73 Å². The summed E-state index contributed by atoms with van der Waals surface area (Å²) in [5.74, 6) is 0.819. The Morgan fingerprint density at radius 1 is 1.67 bits per heavy atom. The van der Waals surface area contributed by atoms with Gasteiger partial charge in [-0.15, -0.1) is 11.8 Å². The van der Waals surface area contributed by atoms with Crippen molar-refractivity contribution in [2.45, 2.75) is 32.1 Å². The van der Waals surface area contributed by atoms with E-state index in [-0.39, 0.29) is 11.3 Å². The van der Waals surface area contributed by atoms with E-state index in [1.54, 1.807) is 11.8 Å². The van der Waals surface area contributed by atoms with Crippen molar-refractivity contribution >= 4 is 17.7 Å². The highest BCUT2D eigenvalue weighted by Crippen LogP contribution is 2.07. The van der Waals surface area contributed by atoms with E-state index in [0.29, 0.717) is 13.0 Å². The van der Waals surface area contributed by atoms with Gasteiger partial charge in [-0.25, -0.2) is 0 Å². The summed E-state index contributed by atoms with van der Waals surface area (Å²) in [5.41, 5.74) is 5.51. The van der Waals surface area contributed by atoms with Crippen LogP contribution in [0, 0.1) is 0 Å². The molecule has 0 aliphatic rings. The third kappa shape index (κ3) is 7.88. The monoisotopic (exact) mass is 191 g/mol. The number of nitrogens with two attached hydrogens (primary N) is 1. The van der Waals surface area contributed by atoms with Crippen molar-refractivity contribution in [3.05, 3.63) is 0 Å². The zero-order valence-electron chi connectivity index (χ0n) is 7.71. The third-order valence-corrected chi connectivity index (χ3v) is 2.26. The van der Waals surface area contributed by atoms with Gasteiger partial charge in [-0.3, -0.25) is 4.79 Å². The summed E-state index contributed by atoms with van der Waals surface area (Å²) in [7, 11) is 0. The van der Waals surface area contributed by atoms with Crippen LogP contribution in [0.25, 0.3) is 0 Å². The summed E-state index contributed by atoms with van der Waals surface area (Å²) >= 11 is 1.66. The van der Waals surface area contributed by atoms with E-state index in [0.717, 1.165) is 12.2 Å². The number of rotatable bonds is 6. The topological polar surface area (TPSA) is 52.3 Å². The molecular formula is C8H17NO2S. The molecule has 1 atom stereocenters. The largest absolute Gasteiger partial charge is 0.466 e. The normalized spacial score (nSPS) is 12.6. The number of esters is 1. The predicted molar refractivity (Wildman–Crippen MR) is 52.0 cm³/mol. The van der Waals surface area contributed by atoms with Gasteiger partial charge in [-0.1, -0.05) is 0 Å². The Morgan fingerprint density at radius 2 is 2.33 bits per heavy atom. The van der Waals surface area contributed by atoms with Gasteiger partial charge < -0.3 is 10.5 Å². The van der Waals surface area contributed by atoms with Crippen LogP contribution in [-0.4, -0.2) is 23.7 Å². The zero-order valence-corrected chi connectivity index (χ0v) is 8.52. The standard InChI is InChI=1S/C8H17NO2S/c1-3-11-8(10)5-4-6-12-7(2)9/h7H,3-6,9H2,1-2H3. The summed E-state index contributed by atoms with van der Waals surface area (Å²) in [4.78, 5) is 10.8. The van der Waals surface area contributed by atoms with Crippen LogP contribution in [-0.2, 0) is 9.53 Å². The maximum Gasteiger partial charge on any atom is 0.305 e. The smallest absolute Gasteiger partial charge is 0.305 e. The highest BCUT2D eigenvalue weighted by molar-refractivity contribution is 7.99. The molecule has 0 radical (unpaired) electrons. The second-order valence-electron chi connectivity index (χ2n) is 2.48. The maximum atomic E-state index is 10.8. The number of ether oxygens (including phenoxy) is 1. The number of hydrogen-bond donors (Lipinski definition) is 1. The molecule has 0 saturated heterocycles. The molecule has 0 aromatic carbocycles. The SMILES string of the molecule is CCOC(=O)CCCSC(C)N. The molecule has 0 aliphatic carbocycles. The zero-order chi connectivity index (χ0) is 9.40. The van der Waals surface area contributed by atoms with Gasteiger partial charge in [0.05, 0.1) is 6.61 Å². The summed E-state index contributed by atoms with van der Waals surface area (Å²) in [6.07, 6.45) is 1.36. The van der Waals surface area contributed by atoms with E-state index in [4.69, 9.17) is 10.5 Å². The first kappa shape index (κ1) is 11.8. The van der Waals surface area contributed by atoms with E-state index in [1.165, 1.54) is 0 Å². The minimum absolute atomic E-state index is 0.109. The van der Waals surface area contributed by atoms with E-state index >= 15 is 0 Å². The molecule has 0 aliphatic heterocycles. The minimum Gasteiger partial charge on any atom is -0.466 e. The Labute approximate surface area is 78.0 Å². The van der Waals surface area contributed by atoms with Gasteiger partial charge in [0.2, 0.25) is 0 Å². The second kappa shape index (κ2) is 7.43. The molecule has 0 aromatic heterocycles. The van der Waals surface area contributed by atoms with Crippen molar-refractivity contribution in [3.63, 3.8) is 0 Å². The molecule has 0 bridgehead atoms. The molecule has 0 rings (SSSR count). The number of carbonyl (C=O) groups excluding carboxylic acids is 1. The van der Waals surface area contributed by atoms with Crippen molar-refractivity contribution < 1.29 is 9.53 Å². The molecule has 0 heterocycles. The molecule has 1 unspecified atom stereocenters. The molecule has 0 saturated carbocycles. The molecule has 0 spiro atoms. The van der Waals surface area contributed by atoms with Crippen molar-refractivity contribution in [1.82, 2.24) is 0 Å². The van der Waals surface area contributed by atoms with Crippen LogP contribution < -0.4 is 5.73 Å². The van der Waals surface area contributed by atoms with Gasteiger partial charge in [0.25, 0.3) is 0 Å². The summed E-state index contributed by atoms with van der Waals surface area (Å²) in [6, 6.07) is 0. The Bertz CT molecular complexity index is 128. The van der Waals surface area contributed by atoms with Crippen LogP contribution >= 0.6 is 11.8 Å². The highest BCUT2D eigenvalue weighted by atomic mass is 32.2. The second-order valence-corrected chi connectivity index (χ2v) is 3.97. The first-order chi connectivity index (χ1) is 5.66. The molecule has 72 valence electrons. The van der Waals surface area contributed by atoms with E-state index in [9.17, 15) is 4.79 Å². The first-order valence-electron chi connectivity index (χ1n) is 4.19. The maximum absolute atomic E-state index is 10.8. The number of thioether (sulfide) groups is 1. The number of carbonyl (C=O) groups is 1. The van der Waals surface area contributed by atoms with Crippen LogP contribution in [0.15, 0.2) is 0 Å². The summed E-state index contributed by atoms with van der Waals surface area (Å²) in [5, 5.41) is 0.159. The first-order valence-corrected chi connectivity index (χ1v) is 5.24. The van der Waals surface area contributed by atoms with Crippen LogP contribution in [0.3, 0.4) is 0 Å². The average Bonchev–Trinajstić information content (AvgIpc) is 1.98. The van der Waals surface area contributed by atoms with Crippen LogP contribution in [0.4, 0.5) is 0 Å². The lowest BCUT2D eigenvalue weighted by atomic mass is 10.3. The average molecular weight is 191 g/mol. The van der Waals surface area contributed by atoms with Gasteiger partial charge >= 0.3 is 5.97 Å². The van der Waals surface area contributed by atoms with Crippen molar-refractivity contribution in [1.29, 1.82) is 0 Å². The molecule has 0 aromatic rings. The van der Waals surface area contributed by atoms with Gasteiger partial charge in [0.15, 0.2) is 0 Å². The fourth-order valence-corrected chi connectivity index (χ4v) is 1.40. The van der Waals surface area contributed by atoms with Gasteiger partial charge in [-0.05, 0) is 26.0 Å². The molecule has 0 fully saturated rings. The van der Waals surface area contributed by atoms with Crippen molar-refractivity contribution in [3.8, 4) is 0 Å². The Kier molecular flexibility index (Phi) is 7.29. The van der Waals surface area contributed by atoms with Gasteiger partial charge in [-0.2, -0.15) is 0 Å². The third-order valence-electron chi connectivity index (χ3n) is 1.21. The van der Waals surface area contributed by atoms with E-state index in [2.05, 4.69) is 0 Å². The lowest BCUT2D eigenvalue weighted by Crippen LogP contribution is -2.10. The van der Waals surface area contributed by atoms with Crippen LogP contribution in [0.1, 0.15) is 26.7 Å². The fraction of sp³-hybridized carbons (Fsp3) is 0.875. The van der Waals surface area contributed by atoms with Crippen LogP contribution in [0.2, 0.25) is 0 Å². The molecule has 4 heteroatoms. The lowest BCUT2D eigenvalue weighted by molar-refractivity contribution is -0.143. The molecule has 12 heavy (non-hydrogen) atoms. The molecule has 0 amide bonds. The summed E-state index contributed by atoms with van der Waals surface area (Å²) in [6.45, 7) is 4.23. The molecular weight excluding hydrogens is 174 g/mol. The Morgan fingerprint density at radius 3 is 2.83 bits per heavy atom. The van der Waals surface area contributed by atoms with Crippen LogP contribution in [0.5, 0.6) is 0 Å². The van der Waals surface area contributed by atoms with E-state index < -0.39 is 0 Å². The highest BCUT2D eigenvalue weighted by Gasteiger charge is 2.01. The van der Waals surface area contributed by atoms with Gasteiger partial charge in [0.1, 0.15) is 0 Å². The lowest BCUT2D eigenvalue weighted by Gasteiger charge is -2.04. The van der Waals surface area contributed by atoms with Crippen molar-refractivity contribution in [2.75, 3.05) is 12.4 Å². The quantitative estimate of drug-likeness (QED) is 0.391. The molecule has 3 nitrogen and oxygen atoms in total. The Hall–Kier alpha value is -0.220. The fourth-order valence-electron chi connectivity index (χ4n) is 0.719. The number of hydrogen-bond acceptors (Lipinski definition) is 4. The summed E-state index contributed by atoms with van der Waals surface area (Å²) < 4.78 is 4.77. The predicted octanol–water partition coefficient (Wildman–Crippen LogP) is 1.37.